The van der Waals surface area contributed by atoms with Gasteiger partial charge < -0.3 is 28.5 Å². The van der Waals surface area contributed by atoms with Crippen molar-refractivity contribution in [3.05, 3.63) is 122 Å². The number of hydrogen-bond acceptors (Lipinski definition) is 7. The molecular weight excluding hydrogens is 1080 g/mol. The number of unbranched alkanes of at least 4 members (excludes halogenated alkanes) is 30. The molecule has 0 radical (unpaired) electrons. The number of aliphatic carboxylic acids is 1. The molecule has 2 atom stereocenters. The van der Waals surface area contributed by atoms with Gasteiger partial charge in [-0.05, 0) is 103 Å². The molecule has 0 aliphatic heterocycles. The highest BCUT2D eigenvalue weighted by Gasteiger charge is 2.25. The number of allylic oxidation sites excluding steroid dienone is 20. The van der Waals surface area contributed by atoms with Crippen LogP contribution in [-0.2, 0) is 33.3 Å². The van der Waals surface area contributed by atoms with Crippen LogP contribution in [0.3, 0.4) is 0 Å². The van der Waals surface area contributed by atoms with Crippen LogP contribution in [0, 0.1) is 0 Å². The topological polar surface area (TPSA) is 108 Å². The van der Waals surface area contributed by atoms with Gasteiger partial charge >= 0.3 is 17.9 Å². The fourth-order valence-corrected chi connectivity index (χ4v) is 9.83. The number of esters is 2. The smallest absolute Gasteiger partial charge is 0.361 e. The first-order valence-corrected chi connectivity index (χ1v) is 35.7. The standard InChI is InChI=1S/C78H133NO8/c1-6-8-10-12-14-16-18-20-22-24-26-28-30-32-33-34-35-36-37-38-39-40-41-42-43-45-46-48-50-52-54-56-58-60-62-64-66-68-75(80)85-72-74(73-86-78(77(82)83)84-71-70-79(3,4)5)87-76(81)69-67-65-63-61-59-57-55-53-51-49-47-44-31-29-27-25-23-21-19-17-15-13-11-9-7-2/h8-11,14-17,20-23,26-29,44,47,51,53,74,78H,6-7,12-13,18-19,24-25,30-43,45-46,48-50,52,54-73H2,1-5H3/p+1/b10-8-,11-9-,16-14-,17-15-,22-20-,23-21-,28-26-,29-27-,47-44-,53-51-. The molecule has 498 valence electrons. The third-order valence-electron chi connectivity index (χ3n) is 15.2. The first-order chi connectivity index (χ1) is 42.6. The maximum atomic E-state index is 12.9. The maximum absolute atomic E-state index is 12.9. The van der Waals surface area contributed by atoms with Gasteiger partial charge in [0.25, 0.3) is 6.29 Å². The number of carbonyl (C=O) groups is 3. The van der Waals surface area contributed by atoms with Crippen LogP contribution >= 0.6 is 0 Å². The number of rotatable bonds is 65. The van der Waals surface area contributed by atoms with Gasteiger partial charge in [0, 0.05) is 12.8 Å². The average molecular weight is 1210 g/mol. The minimum absolute atomic E-state index is 0.180. The van der Waals surface area contributed by atoms with E-state index >= 15 is 0 Å². The summed E-state index contributed by atoms with van der Waals surface area (Å²) in [6.45, 7) is 4.65. The van der Waals surface area contributed by atoms with Crippen molar-refractivity contribution in [2.24, 2.45) is 0 Å². The Morgan fingerprint density at radius 2 is 0.621 bits per heavy atom. The summed E-state index contributed by atoms with van der Waals surface area (Å²) in [7, 11) is 5.97. The summed E-state index contributed by atoms with van der Waals surface area (Å²) in [5.41, 5.74) is 0. The van der Waals surface area contributed by atoms with Crippen molar-refractivity contribution >= 4 is 17.9 Å². The van der Waals surface area contributed by atoms with E-state index in [1.807, 2.05) is 21.1 Å². The molecule has 2 unspecified atom stereocenters. The van der Waals surface area contributed by atoms with E-state index in [-0.39, 0.29) is 32.2 Å². The highest BCUT2D eigenvalue weighted by atomic mass is 16.7. The number of carboxylic acids is 1. The molecule has 0 amide bonds. The third-order valence-corrected chi connectivity index (χ3v) is 15.2. The fourth-order valence-electron chi connectivity index (χ4n) is 9.83. The SMILES string of the molecule is CC/C=C\C/C=C\C/C=C\C/C=C\C/C=C\C/C=C\CCCCCCCCC(=O)OC(COC(=O)CCCCCCCCCCCCCCCCCCCCCCCCCC/C=C\C/C=C\C/C=C\C/C=C\CC)COC(OCC[N+](C)(C)C)C(=O)O. The number of quaternary nitrogens is 1. The summed E-state index contributed by atoms with van der Waals surface area (Å²) in [6.07, 6.45) is 93.2. The molecule has 0 fully saturated rings. The molecule has 9 nitrogen and oxygen atoms in total. The van der Waals surface area contributed by atoms with Crippen molar-refractivity contribution in [3.63, 3.8) is 0 Å². The van der Waals surface area contributed by atoms with E-state index in [0.29, 0.717) is 23.9 Å². The van der Waals surface area contributed by atoms with Crippen molar-refractivity contribution in [2.45, 2.75) is 309 Å². The second-order valence-corrected chi connectivity index (χ2v) is 24.8. The van der Waals surface area contributed by atoms with Crippen LogP contribution in [0.15, 0.2) is 122 Å². The zero-order valence-corrected chi connectivity index (χ0v) is 56.9. The molecule has 0 saturated carbocycles. The molecule has 0 aliphatic carbocycles. The molecule has 1 N–H and O–H groups in total. The summed E-state index contributed by atoms with van der Waals surface area (Å²) in [5, 5.41) is 9.75. The Balaban J connectivity index is 4.07. The number of carbonyl (C=O) groups excluding carboxylic acids is 2. The number of hydrogen-bond donors (Lipinski definition) is 1. The van der Waals surface area contributed by atoms with Gasteiger partial charge in [-0.25, -0.2) is 4.79 Å². The monoisotopic (exact) mass is 1210 g/mol. The second kappa shape index (κ2) is 67.6. The molecule has 0 rings (SSSR count). The molecule has 9 heteroatoms. The average Bonchev–Trinajstić information content (AvgIpc) is 3.59. The molecule has 0 heterocycles. The molecule has 0 bridgehead atoms. The number of likely N-dealkylation sites (N-methyl/N-ethyl adjacent to an activating group) is 1. The number of carboxylic acid groups (broad SMARTS) is 1. The van der Waals surface area contributed by atoms with Gasteiger partial charge in [-0.15, -0.1) is 0 Å². The van der Waals surface area contributed by atoms with Gasteiger partial charge in [0.2, 0.25) is 0 Å². The Labute approximate surface area is 536 Å². The van der Waals surface area contributed by atoms with Crippen LogP contribution in [0.1, 0.15) is 296 Å². The minimum atomic E-state index is -1.52. The van der Waals surface area contributed by atoms with Crippen molar-refractivity contribution in [1.82, 2.24) is 0 Å². The summed E-state index contributed by atoms with van der Waals surface area (Å²) in [4.78, 5) is 37.6. The lowest BCUT2D eigenvalue weighted by atomic mass is 10.0. The zero-order valence-electron chi connectivity index (χ0n) is 56.9. The van der Waals surface area contributed by atoms with E-state index in [2.05, 4.69) is 135 Å². The van der Waals surface area contributed by atoms with E-state index in [4.69, 9.17) is 18.9 Å². The zero-order chi connectivity index (χ0) is 63.3. The normalized spacial score (nSPS) is 13.4. The molecule has 0 spiro atoms. The van der Waals surface area contributed by atoms with Crippen LogP contribution in [0.4, 0.5) is 0 Å². The van der Waals surface area contributed by atoms with Gasteiger partial charge in [0.1, 0.15) is 13.2 Å². The summed E-state index contributed by atoms with van der Waals surface area (Å²) >= 11 is 0. The highest BCUT2D eigenvalue weighted by molar-refractivity contribution is 5.71. The molecule has 87 heavy (non-hydrogen) atoms. The molecule has 0 aliphatic rings. The lowest BCUT2D eigenvalue weighted by Crippen LogP contribution is -2.40. The predicted octanol–water partition coefficient (Wildman–Crippen LogP) is 22.4. The third kappa shape index (κ3) is 69.0. The predicted molar refractivity (Wildman–Crippen MR) is 373 cm³/mol. The van der Waals surface area contributed by atoms with E-state index in [9.17, 15) is 19.5 Å². The Kier molecular flexibility index (Phi) is 64.3. The van der Waals surface area contributed by atoms with Crippen molar-refractivity contribution in [1.29, 1.82) is 0 Å². The number of ether oxygens (including phenoxy) is 4. The van der Waals surface area contributed by atoms with Gasteiger partial charge in [-0.3, -0.25) is 9.59 Å². The second-order valence-electron chi connectivity index (χ2n) is 24.8. The van der Waals surface area contributed by atoms with Crippen LogP contribution < -0.4 is 0 Å². The minimum Gasteiger partial charge on any atom is -0.477 e. The Hall–Kier alpha value is -4.31. The van der Waals surface area contributed by atoms with Crippen LogP contribution in [0.25, 0.3) is 0 Å². The first-order valence-electron chi connectivity index (χ1n) is 35.7. The maximum Gasteiger partial charge on any atom is 0.361 e. The Morgan fingerprint density at radius 1 is 0.345 bits per heavy atom. The van der Waals surface area contributed by atoms with E-state index in [1.165, 1.54) is 141 Å². The Morgan fingerprint density at radius 3 is 0.920 bits per heavy atom. The van der Waals surface area contributed by atoms with E-state index in [0.717, 1.165) is 122 Å². The van der Waals surface area contributed by atoms with Crippen molar-refractivity contribution in [2.75, 3.05) is 47.5 Å². The largest absolute Gasteiger partial charge is 0.477 e. The quantitative estimate of drug-likeness (QED) is 0.0211. The van der Waals surface area contributed by atoms with E-state index < -0.39 is 24.3 Å². The first kappa shape index (κ1) is 82.7. The van der Waals surface area contributed by atoms with Crippen LogP contribution in [0.5, 0.6) is 0 Å². The van der Waals surface area contributed by atoms with E-state index in [1.54, 1.807) is 0 Å². The molecular formula is C78H134NO8+. The molecule has 0 saturated heterocycles. The summed E-state index contributed by atoms with van der Waals surface area (Å²) in [5.74, 6) is -2.02. The molecule has 0 aromatic carbocycles. The van der Waals surface area contributed by atoms with Crippen molar-refractivity contribution in [3.8, 4) is 0 Å². The van der Waals surface area contributed by atoms with Crippen LogP contribution in [-0.4, -0.2) is 87.4 Å². The lowest BCUT2D eigenvalue weighted by molar-refractivity contribution is -0.870. The van der Waals surface area contributed by atoms with Gasteiger partial charge in [-0.1, -0.05) is 302 Å². The molecule has 0 aromatic rings. The van der Waals surface area contributed by atoms with Gasteiger partial charge in [0.05, 0.1) is 34.4 Å². The molecule has 0 aromatic heterocycles. The highest BCUT2D eigenvalue weighted by Crippen LogP contribution is 2.18. The number of nitrogens with zero attached hydrogens (tertiary/aromatic N) is 1. The van der Waals surface area contributed by atoms with Gasteiger partial charge in [-0.2, -0.15) is 0 Å². The van der Waals surface area contributed by atoms with Crippen molar-refractivity contribution < 1.29 is 42.9 Å². The summed E-state index contributed by atoms with van der Waals surface area (Å²) in [6, 6.07) is 0. The lowest BCUT2D eigenvalue weighted by Gasteiger charge is -2.25. The Bertz CT molecular complexity index is 1840. The van der Waals surface area contributed by atoms with Crippen LogP contribution in [0.2, 0.25) is 0 Å². The van der Waals surface area contributed by atoms with Gasteiger partial charge in [0.15, 0.2) is 6.10 Å². The summed E-state index contributed by atoms with van der Waals surface area (Å²) < 4.78 is 23.0. The fraction of sp³-hybridized carbons (Fsp3) is 0.705.